The van der Waals surface area contributed by atoms with Crippen molar-refractivity contribution in [1.82, 2.24) is 25.4 Å². The lowest BCUT2D eigenvalue weighted by Crippen LogP contribution is -2.51. The van der Waals surface area contributed by atoms with Gasteiger partial charge in [-0.1, -0.05) is 43.3 Å². The lowest BCUT2D eigenvalue weighted by molar-refractivity contribution is -0.137. The van der Waals surface area contributed by atoms with Gasteiger partial charge in [0, 0.05) is 58.4 Å². The van der Waals surface area contributed by atoms with Crippen molar-refractivity contribution < 1.29 is 32.3 Å². The molecule has 0 bridgehead atoms. The van der Waals surface area contributed by atoms with Crippen molar-refractivity contribution in [2.75, 3.05) is 71.9 Å². The van der Waals surface area contributed by atoms with E-state index in [0.717, 1.165) is 43.3 Å². The van der Waals surface area contributed by atoms with Gasteiger partial charge in [0.05, 0.1) is 47.9 Å². The van der Waals surface area contributed by atoms with Gasteiger partial charge in [-0.3, -0.25) is 24.4 Å². The standard InChI is InChI=1S/C30H38ClF3N8O3.C7H11NO/c1-7-9-10-22(20(3)38-19-35-4)28(44)41-15-13-40(14-16-41)27(24(8-2)36-5)29(45)42(37-6)18-26(43)39-25-12-11-21(17-23(25)31)30(32,33)34;1-8-6-7-2-4-9-5-3-7/h7,9-12,17,19,36H,3,6,8,13-16,18H2,1-2,4-5H3,(H,35,38)(H,39,43);2H,1,3-6H2/b9-7-,22-10+,27-24+;. The fourth-order valence-electron chi connectivity index (χ4n) is 5.21. The van der Waals surface area contributed by atoms with E-state index >= 15 is 0 Å². The molecule has 0 spiro atoms. The molecule has 2 heterocycles. The van der Waals surface area contributed by atoms with Crippen LogP contribution in [0.5, 0.6) is 0 Å². The van der Waals surface area contributed by atoms with Gasteiger partial charge in [0.1, 0.15) is 12.2 Å². The molecule has 1 aromatic rings. The average molecular weight is 776 g/mol. The molecule has 3 N–H and O–H groups in total. The molecular weight excluding hydrogens is 727 g/mol. The summed E-state index contributed by atoms with van der Waals surface area (Å²) in [7, 11) is 3.25. The van der Waals surface area contributed by atoms with Gasteiger partial charge < -0.3 is 30.5 Å². The van der Waals surface area contributed by atoms with E-state index in [4.69, 9.17) is 16.3 Å². The summed E-state index contributed by atoms with van der Waals surface area (Å²) in [5.41, 5.74) is 1.89. The fraction of sp³-hybridized carbons (Fsp3) is 0.405. The van der Waals surface area contributed by atoms with E-state index < -0.39 is 30.1 Å². The number of ether oxygens (including phenoxy) is 1. The number of halogens is 4. The van der Waals surface area contributed by atoms with Gasteiger partial charge in [0.15, 0.2) is 0 Å². The van der Waals surface area contributed by atoms with E-state index in [1.54, 1.807) is 42.1 Å². The molecule has 1 fully saturated rings. The number of nitrogens with one attached hydrogen (secondary N) is 3. The second kappa shape index (κ2) is 22.8. The second-order valence-corrected chi connectivity index (χ2v) is 12.0. The Morgan fingerprint density at radius 1 is 1.13 bits per heavy atom. The Kier molecular flexibility index (Phi) is 18.9. The molecule has 0 saturated carbocycles. The van der Waals surface area contributed by atoms with Crippen LogP contribution in [0.4, 0.5) is 18.9 Å². The highest BCUT2D eigenvalue weighted by Crippen LogP contribution is 2.33. The van der Waals surface area contributed by atoms with Crippen LogP contribution in [0.15, 0.2) is 92.4 Å². The third-order valence-electron chi connectivity index (χ3n) is 8.05. The van der Waals surface area contributed by atoms with Gasteiger partial charge in [0.2, 0.25) is 5.91 Å². The third kappa shape index (κ3) is 13.6. The van der Waals surface area contributed by atoms with Gasteiger partial charge in [0.25, 0.3) is 11.8 Å². The van der Waals surface area contributed by atoms with E-state index in [1.165, 1.54) is 11.9 Å². The smallest absolute Gasteiger partial charge is 0.390 e. The van der Waals surface area contributed by atoms with Crippen LogP contribution in [0, 0.1) is 0 Å². The Labute approximate surface area is 319 Å². The van der Waals surface area contributed by atoms with Crippen molar-refractivity contribution in [2.45, 2.75) is 32.9 Å². The van der Waals surface area contributed by atoms with Crippen LogP contribution >= 0.6 is 11.6 Å². The van der Waals surface area contributed by atoms with Gasteiger partial charge in [-0.15, -0.1) is 0 Å². The summed E-state index contributed by atoms with van der Waals surface area (Å²) in [6.07, 6.45) is 5.56. The fourth-order valence-corrected chi connectivity index (χ4v) is 5.44. The summed E-state index contributed by atoms with van der Waals surface area (Å²) in [6, 6.07) is 2.51. The highest BCUT2D eigenvalue weighted by molar-refractivity contribution is 6.33. The Morgan fingerprint density at radius 3 is 2.33 bits per heavy atom. The summed E-state index contributed by atoms with van der Waals surface area (Å²) >= 11 is 5.96. The molecule has 294 valence electrons. The number of anilines is 1. The zero-order chi connectivity index (χ0) is 40.3. The summed E-state index contributed by atoms with van der Waals surface area (Å²) in [5, 5.41) is 12.6. The Morgan fingerprint density at radius 2 is 1.81 bits per heavy atom. The van der Waals surface area contributed by atoms with Gasteiger partial charge in [-0.2, -0.15) is 18.3 Å². The molecule has 3 amide bonds. The van der Waals surface area contributed by atoms with Crippen LogP contribution in [0.3, 0.4) is 0 Å². The summed E-state index contributed by atoms with van der Waals surface area (Å²) in [6.45, 7) is 17.4. The number of alkyl halides is 3. The van der Waals surface area contributed by atoms with Crippen molar-refractivity contribution in [3.05, 3.63) is 87.9 Å². The average Bonchev–Trinajstić information content (AvgIpc) is 3.16. The first-order valence-corrected chi connectivity index (χ1v) is 17.4. The molecule has 17 heteroatoms. The second-order valence-electron chi connectivity index (χ2n) is 11.6. The number of hydrogen-bond donors (Lipinski definition) is 3. The minimum absolute atomic E-state index is 0.0603. The summed E-state index contributed by atoms with van der Waals surface area (Å²) < 4.78 is 44.0. The minimum atomic E-state index is -4.60. The number of piperazine rings is 1. The number of hydrazone groups is 1. The number of amides is 3. The molecule has 0 aromatic heterocycles. The highest BCUT2D eigenvalue weighted by atomic mass is 35.5. The lowest BCUT2D eigenvalue weighted by atomic mass is 10.1. The first kappa shape index (κ1) is 44.9. The van der Waals surface area contributed by atoms with Crippen molar-refractivity contribution in [2.24, 2.45) is 15.1 Å². The van der Waals surface area contributed by atoms with Gasteiger partial charge in [-0.25, -0.2) is 5.01 Å². The SMILES string of the molecule is C=NCC1=CCOCC1.C=NN(CC(=O)Nc1ccc(C(F)(F)F)cc1Cl)C(=O)/C(=C(/CC)NC)N1CCN(C(=O)/C(=C/C=C\C)C(=C)NC=NC)CC1. The highest BCUT2D eigenvalue weighted by Gasteiger charge is 2.33. The Hall–Kier alpha value is -5.22. The molecule has 1 saturated heterocycles. The van der Waals surface area contributed by atoms with E-state index in [2.05, 4.69) is 57.1 Å². The van der Waals surface area contributed by atoms with Crippen molar-refractivity contribution in [1.29, 1.82) is 0 Å². The summed E-state index contributed by atoms with van der Waals surface area (Å²) in [5.74, 6) is -1.63. The molecule has 0 radical (unpaired) electrons. The lowest BCUT2D eigenvalue weighted by Gasteiger charge is -2.38. The first-order valence-electron chi connectivity index (χ1n) is 17.0. The number of nitrogens with zero attached hydrogens (tertiary/aromatic N) is 6. The maximum atomic E-state index is 13.8. The van der Waals surface area contributed by atoms with E-state index in [0.29, 0.717) is 42.5 Å². The zero-order valence-corrected chi connectivity index (χ0v) is 31.9. The normalized spacial score (nSPS) is 15.4. The van der Waals surface area contributed by atoms with Crippen molar-refractivity contribution in [3.8, 4) is 0 Å². The maximum Gasteiger partial charge on any atom is 0.416 e. The molecule has 0 unspecified atom stereocenters. The minimum Gasteiger partial charge on any atom is -0.390 e. The number of rotatable bonds is 15. The number of aliphatic imine (C=N–C) groups is 2. The third-order valence-corrected chi connectivity index (χ3v) is 8.36. The molecule has 1 aromatic carbocycles. The molecule has 2 aliphatic rings. The van der Waals surface area contributed by atoms with Crippen LogP contribution in [0.2, 0.25) is 5.02 Å². The quantitative estimate of drug-likeness (QED) is 0.0567. The van der Waals surface area contributed by atoms with E-state index in [-0.39, 0.29) is 35.4 Å². The maximum absolute atomic E-state index is 13.8. The van der Waals surface area contributed by atoms with Crippen LogP contribution in [-0.2, 0) is 25.3 Å². The number of hydrogen-bond acceptors (Lipinski definition) is 9. The Bertz CT molecular complexity index is 1660. The van der Waals surface area contributed by atoms with Crippen LogP contribution in [-0.4, -0.2) is 119 Å². The Balaban J connectivity index is 0.000000974. The van der Waals surface area contributed by atoms with Gasteiger partial charge >= 0.3 is 6.18 Å². The van der Waals surface area contributed by atoms with Crippen LogP contribution in [0.25, 0.3) is 0 Å². The van der Waals surface area contributed by atoms with Crippen LogP contribution in [0.1, 0.15) is 32.3 Å². The zero-order valence-electron chi connectivity index (χ0n) is 31.1. The molecular formula is C37H49ClF3N9O4. The largest absolute Gasteiger partial charge is 0.416 e. The van der Waals surface area contributed by atoms with Crippen molar-refractivity contribution >= 4 is 54.8 Å². The number of carbonyl (C=O) groups excluding carboxylic acids is 3. The predicted octanol–water partition coefficient (Wildman–Crippen LogP) is 5.02. The topological polar surface area (TPSA) is 143 Å². The molecule has 0 atom stereocenters. The van der Waals surface area contributed by atoms with Crippen molar-refractivity contribution in [3.63, 3.8) is 0 Å². The first-order chi connectivity index (χ1) is 25.7. The molecule has 0 aliphatic carbocycles. The molecule has 54 heavy (non-hydrogen) atoms. The van der Waals surface area contributed by atoms with E-state index in [1.807, 2.05) is 13.8 Å². The van der Waals surface area contributed by atoms with E-state index in [9.17, 15) is 27.6 Å². The number of carbonyl (C=O) groups is 3. The number of allylic oxidation sites excluding steroid dienone is 4. The van der Waals surface area contributed by atoms with Crippen LogP contribution < -0.4 is 16.0 Å². The number of benzene rings is 1. The summed E-state index contributed by atoms with van der Waals surface area (Å²) in [4.78, 5) is 51.1. The molecule has 13 nitrogen and oxygen atoms in total. The predicted molar refractivity (Wildman–Crippen MR) is 208 cm³/mol. The molecule has 3 rings (SSSR count). The molecule has 2 aliphatic heterocycles. The van der Waals surface area contributed by atoms with Gasteiger partial charge in [-0.05, 0) is 56.3 Å². The monoisotopic (exact) mass is 775 g/mol.